The molecule has 1 amide bonds. The molecule has 1 heterocycles. The number of carbonyl (C=O) groups excluding carboxylic acids is 1. The van der Waals surface area contributed by atoms with Gasteiger partial charge >= 0.3 is 0 Å². The predicted molar refractivity (Wildman–Crippen MR) is 104 cm³/mol. The zero-order valence-corrected chi connectivity index (χ0v) is 17.0. The molecule has 0 bridgehead atoms. The van der Waals surface area contributed by atoms with Crippen LogP contribution in [0, 0.1) is 5.41 Å². The Labute approximate surface area is 164 Å². The Morgan fingerprint density at radius 1 is 1.27 bits per heavy atom. The van der Waals surface area contributed by atoms with Crippen LogP contribution in [-0.4, -0.2) is 53.9 Å². The summed E-state index contributed by atoms with van der Waals surface area (Å²) in [5, 5.41) is 13.6. The van der Waals surface area contributed by atoms with E-state index in [9.17, 15) is 14.3 Å². The molecule has 0 aliphatic carbocycles. The van der Waals surface area contributed by atoms with Crippen molar-refractivity contribution in [3.8, 4) is 0 Å². The van der Waals surface area contributed by atoms with E-state index >= 15 is 0 Å². The van der Waals surface area contributed by atoms with E-state index in [4.69, 9.17) is 23.2 Å². The summed E-state index contributed by atoms with van der Waals surface area (Å²) < 4.78 is 15.0. The Balaban J connectivity index is 1.84. The van der Waals surface area contributed by atoms with Crippen molar-refractivity contribution in [3.63, 3.8) is 0 Å². The van der Waals surface area contributed by atoms with Gasteiger partial charge in [-0.05, 0) is 36.5 Å². The second kappa shape index (κ2) is 8.42. The lowest BCUT2D eigenvalue weighted by Crippen LogP contribution is -2.50. The second-order valence-electron chi connectivity index (χ2n) is 8.17. The Morgan fingerprint density at radius 2 is 1.81 bits per heavy atom. The number of nitrogens with zero attached hydrogens (tertiary/aromatic N) is 1. The molecule has 1 unspecified atom stereocenters. The second-order valence-corrected chi connectivity index (χ2v) is 9.05. The molecule has 0 saturated carbocycles. The maximum atomic E-state index is 15.0. The highest BCUT2D eigenvalue weighted by Gasteiger charge is 2.36. The zero-order chi connectivity index (χ0) is 19.5. The fourth-order valence-corrected chi connectivity index (χ4v) is 3.38. The number of likely N-dealkylation sites (tertiary alicyclic amines) is 1. The van der Waals surface area contributed by atoms with Crippen molar-refractivity contribution in [3.05, 3.63) is 33.8 Å². The average molecular weight is 405 g/mol. The van der Waals surface area contributed by atoms with Gasteiger partial charge in [0.05, 0.1) is 12.6 Å². The van der Waals surface area contributed by atoms with Crippen LogP contribution in [0.1, 0.15) is 44.0 Å². The number of hydrogen-bond donors (Lipinski definition) is 2. The van der Waals surface area contributed by atoms with Gasteiger partial charge in [0.2, 0.25) is 0 Å². The van der Waals surface area contributed by atoms with E-state index in [1.807, 2.05) is 20.8 Å². The van der Waals surface area contributed by atoms with Crippen LogP contribution in [0.15, 0.2) is 18.2 Å². The van der Waals surface area contributed by atoms with Crippen molar-refractivity contribution in [1.82, 2.24) is 10.2 Å². The molecule has 0 radical (unpaired) electrons. The fraction of sp³-hybridized carbons (Fsp3) is 0.632. The normalized spacial score (nSPS) is 19.2. The van der Waals surface area contributed by atoms with Crippen molar-refractivity contribution >= 4 is 29.1 Å². The summed E-state index contributed by atoms with van der Waals surface area (Å²) in [5.41, 5.74) is -1.32. The fourth-order valence-electron chi connectivity index (χ4n) is 2.86. The number of nitrogens with one attached hydrogen (secondary N) is 1. The van der Waals surface area contributed by atoms with Gasteiger partial charge in [-0.2, -0.15) is 0 Å². The van der Waals surface area contributed by atoms with Gasteiger partial charge in [-0.15, -0.1) is 0 Å². The third kappa shape index (κ3) is 6.08. The number of rotatable bonds is 5. The lowest BCUT2D eigenvalue weighted by Gasteiger charge is -2.39. The summed E-state index contributed by atoms with van der Waals surface area (Å²) in [6.45, 7) is 7.56. The molecule has 0 aromatic heterocycles. The van der Waals surface area contributed by atoms with Crippen molar-refractivity contribution in [2.45, 2.75) is 45.4 Å². The van der Waals surface area contributed by atoms with Gasteiger partial charge < -0.3 is 15.3 Å². The van der Waals surface area contributed by atoms with Crippen molar-refractivity contribution < 1.29 is 14.3 Å². The molecule has 2 N–H and O–H groups in total. The van der Waals surface area contributed by atoms with Crippen LogP contribution in [0.3, 0.4) is 0 Å². The van der Waals surface area contributed by atoms with Crippen molar-refractivity contribution in [1.29, 1.82) is 0 Å². The summed E-state index contributed by atoms with van der Waals surface area (Å²) in [5.74, 6) is -0.392. The predicted octanol–water partition coefficient (Wildman–Crippen LogP) is 3.93. The number of carbonyl (C=O) groups is 1. The quantitative estimate of drug-likeness (QED) is 0.781. The van der Waals surface area contributed by atoms with Crippen LogP contribution in [0.4, 0.5) is 4.39 Å². The van der Waals surface area contributed by atoms with E-state index in [-0.39, 0.29) is 12.0 Å². The molecule has 1 atom stereocenters. The van der Waals surface area contributed by atoms with Crippen LogP contribution in [0.25, 0.3) is 0 Å². The largest absolute Gasteiger partial charge is 0.391 e. The van der Waals surface area contributed by atoms with Crippen LogP contribution < -0.4 is 5.32 Å². The molecule has 1 aliphatic rings. The maximum absolute atomic E-state index is 15.0. The third-order valence-electron chi connectivity index (χ3n) is 4.87. The highest BCUT2D eigenvalue weighted by atomic mass is 35.5. The first-order valence-electron chi connectivity index (χ1n) is 8.82. The molecule has 146 valence electrons. The number of alkyl halides is 1. The zero-order valence-electron chi connectivity index (χ0n) is 15.5. The first-order chi connectivity index (χ1) is 12.0. The van der Waals surface area contributed by atoms with Crippen molar-refractivity contribution in [2.75, 3.05) is 26.2 Å². The molecule has 1 fully saturated rings. The minimum Gasteiger partial charge on any atom is -0.391 e. The first-order valence-corrected chi connectivity index (χ1v) is 9.58. The van der Waals surface area contributed by atoms with Gasteiger partial charge in [0.25, 0.3) is 5.91 Å². The Morgan fingerprint density at radius 3 is 2.31 bits per heavy atom. The number of piperidine rings is 1. The van der Waals surface area contributed by atoms with E-state index in [1.165, 1.54) is 18.2 Å². The van der Waals surface area contributed by atoms with E-state index in [1.54, 1.807) is 0 Å². The monoisotopic (exact) mass is 404 g/mol. The number of hydrogen-bond acceptors (Lipinski definition) is 3. The first kappa shape index (κ1) is 21.4. The van der Waals surface area contributed by atoms with Gasteiger partial charge in [-0.1, -0.05) is 44.0 Å². The van der Waals surface area contributed by atoms with Crippen LogP contribution in [0.5, 0.6) is 0 Å². The number of β-amino-alcohol motifs (C(OH)–C–C–N with tert-alkyl or cyclic N) is 1. The Bertz CT molecular complexity index is 621. The van der Waals surface area contributed by atoms with E-state index in [0.29, 0.717) is 48.1 Å². The standard InChI is InChI=1S/C19H27Cl2FN2O2/c1-18(2,3)16(25)11-24-6-4-19(22,5-7-24)12-23-17(26)13-8-14(20)10-15(21)9-13/h8-10,16,25H,4-7,11-12H2,1-3H3,(H,23,26). The van der Waals surface area contributed by atoms with Gasteiger partial charge in [-0.3, -0.25) is 4.79 Å². The lowest BCUT2D eigenvalue weighted by molar-refractivity contribution is -0.00179. The van der Waals surface area contributed by atoms with Gasteiger partial charge in [0.15, 0.2) is 0 Å². The van der Waals surface area contributed by atoms with Crippen LogP contribution in [0.2, 0.25) is 10.0 Å². The molecule has 26 heavy (non-hydrogen) atoms. The maximum Gasteiger partial charge on any atom is 0.251 e. The van der Waals surface area contributed by atoms with Crippen molar-refractivity contribution in [2.24, 2.45) is 5.41 Å². The highest BCUT2D eigenvalue weighted by molar-refractivity contribution is 6.35. The molecule has 7 heteroatoms. The molecule has 1 aromatic carbocycles. The molecule has 4 nitrogen and oxygen atoms in total. The third-order valence-corrected chi connectivity index (χ3v) is 5.31. The number of halogens is 3. The molecular weight excluding hydrogens is 378 g/mol. The summed E-state index contributed by atoms with van der Waals surface area (Å²) >= 11 is 11.8. The number of aliphatic hydroxyl groups is 1. The lowest BCUT2D eigenvalue weighted by atomic mass is 9.87. The molecule has 0 spiro atoms. The molecular formula is C19H27Cl2FN2O2. The summed E-state index contributed by atoms with van der Waals surface area (Å²) in [7, 11) is 0. The van der Waals surface area contributed by atoms with Crippen LogP contribution in [-0.2, 0) is 0 Å². The number of amides is 1. The van der Waals surface area contributed by atoms with Gasteiger partial charge in [0, 0.05) is 35.2 Å². The Kier molecular flexibility index (Phi) is 6.94. The van der Waals surface area contributed by atoms with E-state index in [0.717, 1.165) is 0 Å². The summed E-state index contributed by atoms with van der Waals surface area (Å²) in [4.78, 5) is 14.3. The van der Waals surface area contributed by atoms with Crippen LogP contribution >= 0.6 is 23.2 Å². The highest BCUT2D eigenvalue weighted by Crippen LogP contribution is 2.28. The number of benzene rings is 1. The summed E-state index contributed by atoms with van der Waals surface area (Å²) in [6, 6.07) is 4.55. The SMILES string of the molecule is CC(C)(C)C(O)CN1CCC(F)(CNC(=O)c2cc(Cl)cc(Cl)c2)CC1. The molecule has 1 aliphatic heterocycles. The van der Waals surface area contributed by atoms with E-state index in [2.05, 4.69) is 10.2 Å². The molecule has 2 rings (SSSR count). The van der Waals surface area contributed by atoms with Gasteiger partial charge in [-0.25, -0.2) is 4.39 Å². The molecule has 1 saturated heterocycles. The average Bonchev–Trinajstić information content (AvgIpc) is 2.53. The minimum atomic E-state index is -1.44. The smallest absolute Gasteiger partial charge is 0.251 e. The van der Waals surface area contributed by atoms with Gasteiger partial charge in [0.1, 0.15) is 5.67 Å². The topological polar surface area (TPSA) is 52.6 Å². The minimum absolute atomic E-state index is 0.0500. The Hall–Kier alpha value is -0.880. The number of aliphatic hydroxyl groups excluding tert-OH is 1. The molecule has 1 aromatic rings. The summed E-state index contributed by atoms with van der Waals surface area (Å²) in [6.07, 6.45) is 0.183. The van der Waals surface area contributed by atoms with E-state index < -0.39 is 17.7 Å².